The Bertz CT molecular complexity index is 1150. The molecule has 0 spiro atoms. The SMILES string of the molecule is CCn1nc(-c2ccc(C)cc2)c(O)c1-c1nc2ccc(C(=N)N)cc2[nH]1. The lowest BCUT2D eigenvalue weighted by Gasteiger charge is -2.01. The van der Waals surface area contributed by atoms with Gasteiger partial charge in [0.2, 0.25) is 0 Å². The maximum Gasteiger partial charge on any atom is 0.173 e. The Morgan fingerprint density at radius 2 is 1.96 bits per heavy atom. The van der Waals surface area contributed by atoms with E-state index < -0.39 is 0 Å². The fraction of sp³-hybridized carbons (Fsp3) is 0.150. The summed E-state index contributed by atoms with van der Waals surface area (Å²) in [5.74, 6) is 0.610. The summed E-state index contributed by atoms with van der Waals surface area (Å²) < 4.78 is 1.73. The number of aryl methyl sites for hydroxylation is 2. The van der Waals surface area contributed by atoms with E-state index in [-0.39, 0.29) is 11.6 Å². The molecule has 0 aliphatic carbocycles. The van der Waals surface area contributed by atoms with Crippen molar-refractivity contribution in [2.24, 2.45) is 5.73 Å². The monoisotopic (exact) mass is 360 g/mol. The molecule has 7 nitrogen and oxygen atoms in total. The number of amidine groups is 1. The number of fused-ring (bicyclic) bond motifs is 1. The van der Waals surface area contributed by atoms with E-state index in [1.54, 1.807) is 22.9 Å². The molecule has 2 aromatic carbocycles. The summed E-state index contributed by atoms with van der Waals surface area (Å²) in [7, 11) is 0. The summed E-state index contributed by atoms with van der Waals surface area (Å²) >= 11 is 0. The smallest absolute Gasteiger partial charge is 0.173 e. The first-order valence-electron chi connectivity index (χ1n) is 8.69. The molecule has 0 fully saturated rings. The van der Waals surface area contributed by atoms with Crippen LogP contribution in [-0.2, 0) is 6.54 Å². The molecule has 7 heteroatoms. The van der Waals surface area contributed by atoms with Gasteiger partial charge in [-0.15, -0.1) is 0 Å². The first-order valence-corrected chi connectivity index (χ1v) is 8.69. The van der Waals surface area contributed by atoms with Gasteiger partial charge in [-0.3, -0.25) is 10.1 Å². The minimum absolute atomic E-state index is 0.00356. The highest BCUT2D eigenvalue weighted by Gasteiger charge is 2.22. The summed E-state index contributed by atoms with van der Waals surface area (Å²) in [5, 5.41) is 23.0. The van der Waals surface area contributed by atoms with Crippen molar-refractivity contribution in [1.82, 2.24) is 19.7 Å². The van der Waals surface area contributed by atoms with E-state index >= 15 is 0 Å². The van der Waals surface area contributed by atoms with Crippen LogP contribution in [0, 0.1) is 12.3 Å². The minimum Gasteiger partial charge on any atom is -0.504 e. The number of aromatic hydroxyl groups is 1. The Kier molecular flexibility index (Phi) is 3.92. The molecule has 0 radical (unpaired) electrons. The molecule has 0 saturated carbocycles. The average Bonchev–Trinajstić information content (AvgIpc) is 3.21. The zero-order chi connectivity index (χ0) is 19.1. The van der Waals surface area contributed by atoms with Gasteiger partial charge in [0, 0.05) is 17.7 Å². The van der Waals surface area contributed by atoms with Crippen molar-refractivity contribution in [3.8, 4) is 28.5 Å². The van der Waals surface area contributed by atoms with E-state index in [9.17, 15) is 5.11 Å². The van der Waals surface area contributed by atoms with E-state index in [2.05, 4.69) is 15.1 Å². The maximum absolute atomic E-state index is 10.9. The van der Waals surface area contributed by atoms with Gasteiger partial charge in [-0.25, -0.2) is 4.98 Å². The second-order valence-electron chi connectivity index (χ2n) is 6.46. The quantitative estimate of drug-likeness (QED) is 0.329. The van der Waals surface area contributed by atoms with E-state index in [4.69, 9.17) is 11.1 Å². The molecule has 0 saturated heterocycles. The Labute approximate surface area is 156 Å². The van der Waals surface area contributed by atoms with Gasteiger partial charge in [0.15, 0.2) is 11.6 Å². The van der Waals surface area contributed by atoms with Gasteiger partial charge in [0.1, 0.15) is 17.2 Å². The number of aromatic nitrogens is 4. The van der Waals surface area contributed by atoms with Gasteiger partial charge in [-0.1, -0.05) is 29.8 Å². The third-order valence-corrected chi connectivity index (χ3v) is 4.57. The van der Waals surface area contributed by atoms with Gasteiger partial charge in [-0.05, 0) is 32.0 Å². The number of nitrogen functional groups attached to an aromatic ring is 1. The van der Waals surface area contributed by atoms with Crippen molar-refractivity contribution in [2.75, 3.05) is 0 Å². The summed E-state index contributed by atoms with van der Waals surface area (Å²) in [6.45, 7) is 4.57. The number of imidazole rings is 1. The zero-order valence-corrected chi connectivity index (χ0v) is 15.1. The molecule has 136 valence electrons. The van der Waals surface area contributed by atoms with Crippen LogP contribution in [-0.4, -0.2) is 30.7 Å². The van der Waals surface area contributed by atoms with Gasteiger partial charge >= 0.3 is 0 Å². The number of hydrogen-bond acceptors (Lipinski definition) is 4. The third kappa shape index (κ3) is 2.83. The zero-order valence-electron chi connectivity index (χ0n) is 15.1. The van der Waals surface area contributed by atoms with Crippen LogP contribution in [0.25, 0.3) is 33.8 Å². The van der Waals surface area contributed by atoms with Gasteiger partial charge in [0.05, 0.1) is 11.0 Å². The van der Waals surface area contributed by atoms with Crippen LogP contribution in [0.3, 0.4) is 0 Å². The molecule has 0 amide bonds. The number of benzene rings is 2. The number of rotatable bonds is 4. The fourth-order valence-corrected chi connectivity index (χ4v) is 3.11. The molecule has 0 aliphatic heterocycles. The molecule has 27 heavy (non-hydrogen) atoms. The summed E-state index contributed by atoms with van der Waals surface area (Å²) in [6, 6.07) is 13.2. The van der Waals surface area contributed by atoms with E-state index in [1.807, 2.05) is 38.1 Å². The van der Waals surface area contributed by atoms with Crippen LogP contribution in [0.1, 0.15) is 18.1 Å². The van der Waals surface area contributed by atoms with Crippen LogP contribution < -0.4 is 5.73 Å². The first kappa shape index (κ1) is 16.8. The Morgan fingerprint density at radius 3 is 2.63 bits per heavy atom. The molecule has 4 aromatic rings. The highest BCUT2D eigenvalue weighted by Crippen LogP contribution is 2.37. The van der Waals surface area contributed by atoms with Crippen molar-refractivity contribution in [3.63, 3.8) is 0 Å². The number of nitrogens with two attached hydrogens (primary N) is 1. The lowest BCUT2D eigenvalue weighted by molar-refractivity contribution is 0.477. The molecular weight excluding hydrogens is 340 g/mol. The van der Waals surface area contributed by atoms with Crippen LogP contribution >= 0.6 is 0 Å². The molecule has 0 bridgehead atoms. The van der Waals surface area contributed by atoms with Crippen LogP contribution in [0.2, 0.25) is 0 Å². The normalized spacial score (nSPS) is 11.2. The maximum atomic E-state index is 10.9. The van der Waals surface area contributed by atoms with E-state index in [0.717, 1.165) is 22.2 Å². The van der Waals surface area contributed by atoms with Crippen molar-refractivity contribution in [2.45, 2.75) is 20.4 Å². The summed E-state index contributed by atoms with van der Waals surface area (Å²) in [4.78, 5) is 7.80. The van der Waals surface area contributed by atoms with Crippen LogP contribution in [0.4, 0.5) is 0 Å². The highest BCUT2D eigenvalue weighted by molar-refractivity contribution is 5.98. The van der Waals surface area contributed by atoms with E-state index in [0.29, 0.717) is 29.3 Å². The number of H-pyrrole nitrogens is 1. The molecular formula is C20H20N6O. The van der Waals surface area contributed by atoms with Crippen LogP contribution in [0.15, 0.2) is 42.5 Å². The molecule has 4 rings (SSSR count). The van der Waals surface area contributed by atoms with Crippen molar-refractivity contribution in [3.05, 3.63) is 53.6 Å². The third-order valence-electron chi connectivity index (χ3n) is 4.57. The standard InChI is InChI=1S/C20H20N6O/c1-3-26-17(18(27)16(25-26)12-6-4-11(2)5-7-12)20-23-14-9-8-13(19(21)22)10-15(14)24-20/h4-10,27H,3H2,1-2H3,(H3,21,22)(H,23,24). The van der Waals surface area contributed by atoms with Crippen molar-refractivity contribution >= 4 is 16.9 Å². The highest BCUT2D eigenvalue weighted by atomic mass is 16.3. The average molecular weight is 360 g/mol. The molecule has 0 atom stereocenters. The minimum atomic E-state index is -0.00356. The predicted molar refractivity (Wildman–Crippen MR) is 106 cm³/mol. The van der Waals surface area contributed by atoms with Gasteiger partial charge < -0.3 is 15.8 Å². The second kappa shape index (κ2) is 6.28. The molecule has 2 heterocycles. The largest absolute Gasteiger partial charge is 0.504 e. The molecule has 0 aliphatic rings. The second-order valence-corrected chi connectivity index (χ2v) is 6.46. The molecule has 5 N–H and O–H groups in total. The topological polar surface area (TPSA) is 117 Å². The first-order chi connectivity index (χ1) is 13.0. The Morgan fingerprint density at radius 1 is 1.22 bits per heavy atom. The molecule has 2 aromatic heterocycles. The number of hydrogen-bond donors (Lipinski definition) is 4. The van der Waals surface area contributed by atoms with Gasteiger partial charge in [-0.2, -0.15) is 5.10 Å². The predicted octanol–water partition coefficient (Wildman–Crippen LogP) is 3.41. The molecule has 0 unspecified atom stereocenters. The lowest BCUT2D eigenvalue weighted by Crippen LogP contribution is -2.10. The van der Waals surface area contributed by atoms with Crippen LogP contribution in [0.5, 0.6) is 5.75 Å². The number of nitrogens with zero attached hydrogens (tertiary/aromatic N) is 3. The Balaban J connectivity index is 1.87. The number of aromatic amines is 1. The van der Waals surface area contributed by atoms with E-state index in [1.165, 1.54) is 0 Å². The van der Waals surface area contributed by atoms with Crippen molar-refractivity contribution < 1.29 is 5.11 Å². The lowest BCUT2D eigenvalue weighted by atomic mass is 10.1. The van der Waals surface area contributed by atoms with Gasteiger partial charge in [0.25, 0.3) is 0 Å². The summed E-state index contributed by atoms with van der Waals surface area (Å²) in [6.07, 6.45) is 0. The fourth-order valence-electron chi connectivity index (χ4n) is 3.11. The summed E-state index contributed by atoms with van der Waals surface area (Å²) in [5.41, 5.74) is 10.7. The van der Waals surface area contributed by atoms with Crippen molar-refractivity contribution in [1.29, 1.82) is 5.41 Å². The number of nitrogens with one attached hydrogen (secondary N) is 2. The Hall–Kier alpha value is -3.61.